The first kappa shape index (κ1) is 11.5. The van der Waals surface area contributed by atoms with Crippen LogP contribution in [0.15, 0.2) is 42.7 Å². The zero-order chi connectivity index (χ0) is 12.5. The van der Waals surface area contributed by atoms with Gasteiger partial charge in [0.1, 0.15) is 0 Å². The summed E-state index contributed by atoms with van der Waals surface area (Å²) < 4.78 is 1.87. The van der Waals surface area contributed by atoms with E-state index in [4.69, 9.17) is 0 Å². The predicted molar refractivity (Wildman–Crippen MR) is 72.3 cm³/mol. The summed E-state index contributed by atoms with van der Waals surface area (Å²) >= 11 is 0. The zero-order valence-corrected chi connectivity index (χ0v) is 10.9. The van der Waals surface area contributed by atoms with Crippen LogP contribution >= 0.6 is 0 Å². The molecule has 1 heterocycles. The van der Waals surface area contributed by atoms with Gasteiger partial charge in [-0.25, -0.2) is 0 Å². The molecule has 3 nitrogen and oxygen atoms in total. The lowest BCUT2D eigenvalue weighted by atomic mass is 10.0. The third-order valence-electron chi connectivity index (χ3n) is 3.89. The minimum Gasteiger partial charge on any atom is -0.313 e. The number of hydrogen-bond donors (Lipinski definition) is 1. The average Bonchev–Trinajstić information content (AvgIpc) is 3.07. The van der Waals surface area contributed by atoms with Gasteiger partial charge in [0, 0.05) is 24.8 Å². The molecular weight excluding hydrogens is 222 g/mol. The Hall–Kier alpha value is -1.61. The highest BCUT2D eigenvalue weighted by Crippen LogP contribution is 2.53. The summed E-state index contributed by atoms with van der Waals surface area (Å²) in [5, 5.41) is 7.71. The van der Waals surface area contributed by atoms with Crippen LogP contribution in [0.1, 0.15) is 29.5 Å². The number of rotatable bonds is 4. The number of aromatic nitrogens is 2. The first-order valence-corrected chi connectivity index (χ1v) is 6.50. The minimum atomic E-state index is 0.420. The summed E-state index contributed by atoms with van der Waals surface area (Å²) in [5.41, 5.74) is 2.76. The third-order valence-corrected chi connectivity index (χ3v) is 3.89. The molecule has 3 rings (SSSR count). The SMILES string of the molecule is CNC(c1cnn(C)c1)C1CC1c1ccccc1. The van der Waals surface area contributed by atoms with Crippen LogP contribution in [0, 0.1) is 5.92 Å². The maximum Gasteiger partial charge on any atom is 0.0537 e. The summed E-state index contributed by atoms with van der Waals surface area (Å²) in [7, 11) is 4.01. The molecule has 1 aromatic carbocycles. The van der Waals surface area contributed by atoms with Gasteiger partial charge in [-0.05, 0) is 30.9 Å². The molecule has 1 aliphatic rings. The van der Waals surface area contributed by atoms with Crippen molar-refractivity contribution >= 4 is 0 Å². The molecular formula is C15H19N3. The van der Waals surface area contributed by atoms with Crippen LogP contribution in [0.2, 0.25) is 0 Å². The van der Waals surface area contributed by atoms with Crippen molar-refractivity contribution in [2.45, 2.75) is 18.4 Å². The van der Waals surface area contributed by atoms with E-state index < -0.39 is 0 Å². The van der Waals surface area contributed by atoms with Crippen molar-refractivity contribution in [3.8, 4) is 0 Å². The topological polar surface area (TPSA) is 29.9 Å². The lowest BCUT2D eigenvalue weighted by Gasteiger charge is -2.14. The van der Waals surface area contributed by atoms with E-state index in [0.29, 0.717) is 17.9 Å². The molecule has 0 aliphatic heterocycles. The smallest absolute Gasteiger partial charge is 0.0537 e. The van der Waals surface area contributed by atoms with E-state index in [1.165, 1.54) is 17.5 Å². The van der Waals surface area contributed by atoms with Crippen LogP contribution in [0.4, 0.5) is 0 Å². The molecule has 18 heavy (non-hydrogen) atoms. The number of hydrogen-bond acceptors (Lipinski definition) is 2. The molecule has 0 saturated heterocycles. The standard InChI is InChI=1S/C15H19N3/c1-16-15(12-9-17-18(2)10-12)14-8-13(14)11-6-4-3-5-7-11/h3-7,9-10,13-16H,8H2,1-2H3. The maximum atomic E-state index is 4.27. The van der Waals surface area contributed by atoms with Crippen LogP contribution in [-0.4, -0.2) is 16.8 Å². The Morgan fingerprint density at radius 2 is 2.11 bits per heavy atom. The summed E-state index contributed by atoms with van der Waals surface area (Å²) in [6.45, 7) is 0. The number of benzene rings is 1. The molecule has 3 atom stereocenters. The molecule has 0 amide bonds. The van der Waals surface area contributed by atoms with E-state index in [9.17, 15) is 0 Å². The summed E-state index contributed by atoms with van der Waals surface area (Å²) in [4.78, 5) is 0. The molecule has 0 bridgehead atoms. The molecule has 3 heteroatoms. The molecule has 1 aromatic heterocycles. The summed E-state index contributed by atoms with van der Waals surface area (Å²) in [5.74, 6) is 1.39. The minimum absolute atomic E-state index is 0.420. The molecule has 0 radical (unpaired) electrons. The Balaban J connectivity index is 1.76. The van der Waals surface area contributed by atoms with Gasteiger partial charge in [-0.3, -0.25) is 4.68 Å². The number of aryl methyl sites for hydroxylation is 1. The van der Waals surface area contributed by atoms with Crippen LogP contribution in [0.5, 0.6) is 0 Å². The van der Waals surface area contributed by atoms with Crippen molar-refractivity contribution < 1.29 is 0 Å². The zero-order valence-electron chi connectivity index (χ0n) is 10.9. The first-order valence-electron chi connectivity index (χ1n) is 6.50. The first-order chi connectivity index (χ1) is 8.79. The Morgan fingerprint density at radius 3 is 2.72 bits per heavy atom. The van der Waals surface area contributed by atoms with Crippen molar-refractivity contribution in [3.63, 3.8) is 0 Å². The van der Waals surface area contributed by atoms with Crippen LogP contribution in [0.3, 0.4) is 0 Å². The van der Waals surface area contributed by atoms with Crippen molar-refractivity contribution in [3.05, 3.63) is 53.9 Å². The van der Waals surface area contributed by atoms with Crippen LogP contribution < -0.4 is 5.32 Å². The van der Waals surface area contributed by atoms with Gasteiger partial charge in [-0.15, -0.1) is 0 Å². The Labute approximate surface area is 108 Å². The van der Waals surface area contributed by atoms with E-state index in [2.05, 4.69) is 46.9 Å². The maximum absolute atomic E-state index is 4.27. The predicted octanol–water partition coefficient (Wildman–Crippen LogP) is 2.48. The fraction of sp³-hybridized carbons (Fsp3) is 0.400. The Kier molecular flexibility index (Phi) is 2.92. The monoisotopic (exact) mass is 241 g/mol. The van der Waals surface area contributed by atoms with Gasteiger partial charge < -0.3 is 5.32 Å². The van der Waals surface area contributed by atoms with E-state index in [1.54, 1.807) is 0 Å². The largest absolute Gasteiger partial charge is 0.313 e. The molecule has 1 fully saturated rings. The second-order valence-corrected chi connectivity index (χ2v) is 5.13. The van der Waals surface area contributed by atoms with Gasteiger partial charge in [-0.2, -0.15) is 5.10 Å². The Bertz CT molecular complexity index is 518. The highest BCUT2D eigenvalue weighted by molar-refractivity contribution is 5.29. The number of nitrogens with one attached hydrogen (secondary N) is 1. The molecule has 1 saturated carbocycles. The van der Waals surface area contributed by atoms with Crippen molar-refractivity contribution in [1.82, 2.24) is 15.1 Å². The lowest BCUT2D eigenvalue weighted by molar-refractivity contribution is 0.517. The van der Waals surface area contributed by atoms with Crippen LogP contribution in [0.25, 0.3) is 0 Å². The highest BCUT2D eigenvalue weighted by Gasteiger charge is 2.44. The van der Waals surface area contributed by atoms with Crippen molar-refractivity contribution in [2.75, 3.05) is 7.05 Å². The van der Waals surface area contributed by atoms with Gasteiger partial charge >= 0.3 is 0 Å². The molecule has 3 unspecified atom stereocenters. The fourth-order valence-corrected chi connectivity index (χ4v) is 2.90. The quantitative estimate of drug-likeness (QED) is 0.891. The molecule has 2 aromatic rings. The van der Waals surface area contributed by atoms with E-state index >= 15 is 0 Å². The number of nitrogens with zero attached hydrogens (tertiary/aromatic N) is 2. The van der Waals surface area contributed by atoms with Gasteiger partial charge in [0.15, 0.2) is 0 Å². The normalized spacial score (nSPS) is 23.9. The van der Waals surface area contributed by atoms with E-state index in [1.807, 2.05) is 25.0 Å². The Morgan fingerprint density at radius 1 is 1.33 bits per heavy atom. The van der Waals surface area contributed by atoms with Gasteiger partial charge in [0.05, 0.1) is 6.20 Å². The fourth-order valence-electron chi connectivity index (χ4n) is 2.90. The lowest BCUT2D eigenvalue weighted by Crippen LogP contribution is -2.18. The molecule has 1 aliphatic carbocycles. The van der Waals surface area contributed by atoms with Gasteiger partial charge in [0.2, 0.25) is 0 Å². The highest BCUT2D eigenvalue weighted by atomic mass is 15.2. The van der Waals surface area contributed by atoms with Crippen molar-refractivity contribution in [2.24, 2.45) is 13.0 Å². The van der Waals surface area contributed by atoms with E-state index in [-0.39, 0.29) is 0 Å². The van der Waals surface area contributed by atoms with Crippen molar-refractivity contribution in [1.29, 1.82) is 0 Å². The van der Waals surface area contributed by atoms with Gasteiger partial charge in [0.25, 0.3) is 0 Å². The second kappa shape index (κ2) is 4.58. The summed E-state index contributed by atoms with van der Waals surface area (Å²) in [6, 6.07) is 11.2. The summed E-state index contributed by atoms with van der Waals surface area (Å²) in [6.07, 6.45) is 5.35. The molecule has 94 valence electrons. The molecule has 1 N–H and O–H groups in total. The van der Waals surface area contributed by atoms with Gasteiger partial charge in [-0.1, -0.05) is 30.3 Å². The van der Waals surface area contributed by atoms with E-state index in [0.717, 1.165) is 0 Å². The second-order valence-electron chi connectivity index (χ2n) is 5.13. The average molecular weight is 241 g/mol. The van der Waals surface area contributed by atoms with Crippen LogP contribution in [-0.2, 0) is 7.05 Å². The molecule has 0 spiro atoms. The third kappa shape index (κ3) is 2.06.